The van der Waals surface area contributed by atoms with Crippen LogP contribution in [-0.4, -0.2) is 0 Å². The summed E-state index contributed by atoms with van der Waals surface area (Å²) < 4.78 is 2.33. The van der Waals surface area contributed by atoms with Crippen molar-refractivity contribution in [2.24, 2.45) is 0 Å². The molecule has 0 aliphatic carbocycles. The monoisotopic (exact) mass is 310 g/mol. The number of nitrogens with zero attached hydrogens (tertiary/aromatic N) is 1. The Morgan fingerprint density at radius 1 is 0.783 bits per heavy atom. The van der Waals surface area contributed by atoms with Gasteiger partial charge in [-0.05, 0) is 35.8 Å². The third-order valence-corrected chi connectivity index (χ3v) is 4.83. The van der Waals surface area contributed by atoms with Gasteiger partial charge in [0.15, 0.2) is 12.4 Å². The summed E-state index contributed by atoms with van der Waals surface area (Å²) in [6.45, 7) is 8.10. The maximum atomic E-state index is 2.35. The minimum Gasteiger partial charge on any atom is -0.205 e. The molecule has 0 aliphatic rings. The van der Waals surface area contributed by atoms with E-state index in [1.54, 1.807) is 0 Å². The second kappa shape index (κ2) is 9.50. The maximum Gasteiger partial charge on any atom is 0.169 e. The van der Waals surface area contributed by atoms with Crippen molar-refractivity contribution in [1.29, 1.82) is 0 Å². The van der Waals surface area contributed by atoms with Gasteiger partial charge in [-0.25, -0.2) is 4.57 Å². The van der Waals surface area contributed by atoms with Crippen molar-refractivity contribution in [3.8, 4) is 0 Å². The predicted octanol–water partition coefficient (Wildman–Crippen LogP) is 5.85. The molecule has 0 spiro atoms. The van der Waals surface area contributed by atoms with E-state index < -0.39 is 0 Å². The summed E-state index contributed by atoms with van der Waals surface area (Å²) >= 11 is 0. The topological polar surface area (TPSA) is 3.88 Å². The first-order valence-electron chi connectivity index (χ1n) is 9.24. The molecule has 0 N–H and O–H groups in total. The maximum absolute atomic E-state index is 2.35. The molecule has 1 aromatic carbocycles. The van der Waals surface area contributed by atoms with Crippen LogP contribution in [0.25, 0.3) is 0 Å². The summed E-state index contributed by atoms with van der Waals surface area (Å²) in [5, 5.41) is 0. The average Bonchev–Trinajstić information content (AvgIpc) is 2.60. The lowest BCUT2D eigenvalue weighted by Gasteiger charge is -2.17. The SMILES string of the molecule is CCCCCC[n+]1ccc(C(C)CC(C)c2ccccc2)cc1. The molecule has 1 aromatic heterocycles. The van der Waals surface area contributed by atoms with Gasteiger partial charge in [-0.1, -0.05) is 63.9 Å². The lowest BCUT2D eigenvalue weighted by molar-refractivity contribution is -0.697. The summed E-state index contributed by atoms with van der Waals surface area (Å²) in [6, 6.07) is 15.5. The number of hydrogen-bond donors (Lipinski definition) is 0. The lowest BCUT2D eigenvalue weighted by atomic mass is 9.88. The van der Waals surface area contributed by atoms with Crippen LogP contribution < -0.4 is 4.57 Å². The van der Waals surface area contributed by atoms with Crippen LogP contribution in [0, 0.1) is 0 Å². The fourth-order valence-electron chi connectivity index (χ4n) is 3.25. The molecule has 1 nitrogen and oxygen atoms in total. The summed E-state index contributed by atoms with van der Waals surface area (Å²) in [7, 11) is 0. The first-order valence-corrected chi connectivity index (χ1v) is 9.24. The molecule has 1 heterocycles. The van der Waals surface area contributed by atoms with E-state index in [0.717, 1.165) is 6.54 Å². The van der Waals surface area contributed by atoms with E-state index in [9.17, 15) is 0 Å². The fourth-order valence-corrected chi connectivity index (χ4v) is 3.25. The lowest BCUT2D eigenvalue weighted by Crippen LogP contribution is -2.32. The van der Waals surface area contributed by atoms with E-state index >= 15 is 0 Å². The Morgan fingerprint density at radius 2 is 1.39 bits per heavy atom. The third kappa shape index (κ3) is 5.82. The van der Waals surface area contributed by atoms with Crippen LogP contribution in [0.5, 0.6) is 0 Å². The van der Waals surface area contributed by atoms with Crippen molar-refractivity contribution in [3.05, 3.63) is 66.0 Å². The van der Waals surface area contributed by atoms with Crippen molar-refractivity contribution in [2.75, 3.05) is 0 Å². The molecule has 0 saturated heterocycles. The van der Waals surface area contributed by atoms with Crippen LogP contribution in [0.3, 0.4) is 0 Å². The minimum atomic E-state index is 0.597. The zero-order chi connectivity index (χ0) is 16.5. The molecule has 2 atom stereocenters. The number of aromatic nitrogens is 1. The molecular formula is C22H32N+. The normalized spacial score (nSPS) is 13.7. The van der Waals surface area contributed by atoms with Crippen LogP contribution in [0.4, 0.5) is 0 Å². The smallest absolute Gasteiger partial charge is 0.169 e. The highest BCUT2D eigenvalue weighted by atomic mass is 14.9. The summed E-state index contributed by atoms with van der Waals surface area (Å²) in [5.74, 6) is 1.20. The first-order chi connectivity index (χ1) is 11.2. The molecule has 0 fully saturated rings. The Morgan fingerprint density at radius 3 is 2.00 bits per heavy atom. The minimum absolute atomic E-state index is 0.597. The van der Waals surface area contributed by atoms with Crippen LogP contribution in [0.1, 0.15) is 75.8 Å². The van der Waals surface area contributed by atoms with Crippen molar-refractivity contribution >= 4 is 0 Å². The number of rotatable bonds is 9. The Hall–Kier alpha value is -1.63. The molecule has 2 rings (SSSR count). The zero-order valence-corrected chi connectivity index (χ0v) is 15.0. The van der Waals surface area contributed by atoms with Crippen molar-refractivity contribution < 1.29 is 4.57 Å². The molecule has 0 radical (unpaired) electrons. The first kappa shape index (κ1) is 17.7. The highest BCUT2D eigenvalue weighted by Gasteiger charge is 2.13. The van der Waals surface area contributed by atoms with Crippen molar-refractivity contribution in [1.82, 2.24) is 0 Å². The fraction of sp³-hybridized carbons (Fsp3) is 0.500. The largest absolute Gasteiger partial charge is 0.205 e. The number of benzene rings is 1. The van der Waals surface area contributed by atoms with Crippen LogP contribution in [0.2, 0.25) is 0 Å². The number of hydrogen-bond acceptors (Lipinski definition) is 0. The molecular weight excluding hydrogens is 278 g/mol. The molecule has 124 valence electrons. The number of aryl methyl sites for hydroxylation is 1. The Labute approximate surface area is 142 Å². The molecule has 23 heavy (non-hydrogen) atoms. The van der Waals surface area contributed by atoms with Gasteiger partial charge < -0.3 is 0 Å². The number of unbranched alkanes of at least 4 members (excludes halogenated alkanes) is 3. The van der Waals surface area contributed by atoms with E-state index in [0.29, 0.717) is 11.8 Å². The van der Waals surface area contributed by atoms with E-state index in [1.165, 1.54) is 43.2 Å². The van der Waals surface area contributed by atoms with Crippen molar-refractivity contribution in [2.45, 2.75) is 71.3 Å². The molecule has 2 unspecified atom stereocenters. The molecule has 0 saturated carbocycles. The van der Waals surface area contributed by atoms with Gasteiger partial charge in [-0.2, -0.15) is 0 Å². The number of pyridine rings is 1. The van der Waals surface area contributed by atoms with E-state index in [4.69, 9.17) is 0 Å². The van der Waals surface area contributed by atoms with Crippen LogP contribution >= 0.6 is 0 Å². The van der Waals surface area contributed by atoms with E-state index in [2.05, 4.69) is 80.2 Å². The summed E-state index contributed by atoms with van der Waals surface area (Å²) in [5.41, 5.74) is 2.90. The van der Waals surface area contributed by atoms with Gasteiger partial charge in [0.05, 0.1) is 0 Å². The van der Waals surface area contributed by atoms with Gasteiger partial charge in [0.2, 0.25) is 0 Å². The van der Waals surface area contributed by atoms with Gasteiger partial charge in [-0.3, -0.25) is 0 Å². The zero-order valence-electron chi connectivity index (χ0n) is 15.0. The van der Waals surface area contributed by atoms with Crippen LogP contribution in [0.15, 0.2) is 54.9 Å². The molecule has 0 aliphatic heterocycles. The Kier molecular flexibility index (Phi) is 7.32. The van der Waals surface area contributed by atoms with Crippen molar-refractivity contribution in [3.63, 3.8) is 0 Å². The summed E-state index contributed by atoms with van der Waals surface area (Å²) in [4.78, 5) is 0. The molecule has 0 bridgehead atoms. The van der Waals surface area contributed by atoms with Gasteiger partial charge >= 0.3 is 0 Å². The highest BCUT2D eigenvalue weighted by Crippen LogP contribution is 2.28. The van der Waals surface area contributed by atoms with Crippen LogP contribution in [-0.2, 0) is 6.54 Å². The predicted molar refractivity (Wildman–Crippen MR) is 98.7 cm³/mol. The van der Waals surface area contributed by atoms with Gasteiger partial charge in [-0.15, -0.1) is 0 Å². The summed E-state index contributed by atoms with van der Waals surface area (Å²) in [6.07, 6.45) is 11.0. The third-order valence-electron chi connectivity index (χ3n) is 4.83. The van der Waals surface area contributed by atoms with E-state index in [1.807, 2.05) is 0 Å². The van der Waals surface area contributed by atoms with Gasteiger partial charge in [0.25, 0.3) is 0 Å². The molecule has 2 aromatic rings. The van der Waals surface area contributed by atoms with Gasteiger partial charge in [0.1, 0.15) is 6.54 Å². The van der Waals surface area contributed by atoms with Gasteiger partial charge in [0, 0.05) is 18.6 Å². The second-order valence-electron chi connectivity index (χ2n) is 6.88. The quantitative estimate of drug-likeness (QED) is 0.404. The Balaban J connectivity index is 1.86. The average molecular weight is 311 g/mol. The standard InChI is InChI=1S/C22H32N/c1-4-5-6-10-15-23-16-13-22(14-17-23)20(3)18-19(2)21-11-8-7-9-12-21/h7-9,11-14,16-17,19-20H,4-6,10,15,18H2,1-3H3/q+1. The molecule has 0 amide bonds. The second-order valence-corrected chi connectivity index (χ2v) is 6.88. The molecule has 1 heteroatoms. The Bertz CT molecular complexity index is 544. The highest BCUT2D eigenvalue weighted by molar-refractivity contribution is 5.21. The van der Waals surface area contributed by atoms with E-state index in [-0.39, 0.29) is 0 Å².